The summed E-state index contributed by atoms with van der Waals surface area (Å²) in [5, 5.41) is 3.05. The summed E-state index contributed by atoms with van der Waals surface area (Å²) in [7, 11) is 1.36. The van der Waals surface area contributed by atoms with Crippen molar-refractivity contribution in [2.75, 3.05) is 20.2 Å². The van der Waals surface area contributed by atoms with Crippen LogP contribution < -0.4 is 5.32 Å². The van der Waals surface area contributed by atoms with Gasteiger partial charge in [-0.1, -0.05) is 27.5 Å². The molecule has 0 amide bonds. The van der Waals surface area contributed by atoms with Crippen LogP contribution in [0.1, 0.15) is 6.92 Å². The van der Waals surface area contributed by atoms with Gasteiger partial charge in [0.15, 0.2) is 0 Å². The Hall–Kier alpha value is -0.0600. The SMILES string of the molecule is COC(=O)C(Br)CNCC(C)=CCl. The van der Waals surface area contributed by atoms with Crippen molar-refractivity contribution in [3.05, 3.63) is 11.1 Å². The molecule has 76 valence electrons. The zero-order chi connectivity index (χ0) is 10.3. The van der Waals surface area contributed by atoms with Crippen LogP contribution in [0.15, 0.2) is 11.1 Å². The highest BCUT2D eigenvalue weighted by atomic mass is 79.9. The molecule has 13 heavy (non-hydrogen) atoms. The molecule has 0 rings (SSSR count). The van der Waals surface area contributed by atoms with Gasteiger partial charge in [-0.2, -0.15) is 0 Å². The molecule has 0 fully saturated rings. The first-order valence-corrected chi connectivity index (χ1v) is 5.15. The number of carbonyl (C=O) groups is 1. The van der Waals surface area contributed by atoms with Gasteiger partial charge in [-0.15, -0.1) is 0 Å². The van der Waals surface area contributed by atoms with Gasteiger partial charge in [0.25, 0.3) is 0 Å². The molecule has 0 spiro atoms. The number of hydrogen-bond acceptors (Lipinski definition) is 3. The van der Waals surface area contributed by atoms with Crippen LogP contribution in [0, 0.1) is 0 Å². The van der Waals surface area contributed by atoms with Crippen LogP contribution in [0.3, 0.4) is 0 Å². The fourth-order valence-corrected chi connectivity index (χ4v) is 1.14. The molecule has 0 heterocycles. The van der Waals surface area contributed by atoms with E-state index in [0.29, 0.717) is 13.1 Å². The highest BCUT2D eigenvalue weighted by molar-refractivity contribution is 9.10. The van der Waals surface area contributed by atoms with Crippen molar-refractivity contribution in [3.63, 3.8) is 0 Å². The Labute approximate surface area is 91.6 Å². The van der Waals surface area contributed by atoms with E-state index >= 15 is 0 Å². The average Bonchev–Trinajstić information content (AvgIpc) is 2.15. The lowest BCUT2D eigenvalue weighted by atomic mass is 10.3. The van der Waals surface area contributed by atoms with Crippen molar-refractivity contribution in [3.8, 4) is 0 Å². The monoisotopic (exact) mass is 269 g/mol. The Morgan fingerprint density at radius 1 is 1.77 bits per heavy atom. The maximum absolute atomic E-state index is 10.9. The maximum Gasteiger partial charge on any atom is 0.320 e. The maximum atomic E-state index is 10.9. The fourth-order valence-electron chi connectivity index (χ4n) is 0.646. The summed E-state index contributed by atoms with van der Waals surface area (Å²) < 4.78 is 4.53. The van der Waals surface area contributed by atoms with Crippen molar-refractivity contribution in [2.45, 2.75) is 11.8 Å². The summed E-state index contributed by atoms with van der Waals surface area (Å²) in [6.07, 6.45) is 0. The van der Waals surface area contributed by atoms with Gasteiger partial charge in [-0.05, 0) is 12.5 Å². The van der Waals surface area contributed by atoms with E-state index in [4.69, 9.17) is 11.6 Å². The van der Waals surface area contributed by atoms with Crippen LogP contribution in [-0.4, -0.2) is 31.0 Å². The Kier molecular flexibility index (Phi) is 7.32. The third-order valence-corrected chi connectivity index (χ3v) is 2.44. The molecule has 5 heteroatoms. The molecule has 1 atom stereocenters. The lowest BCUT2D eigenvalue weighted by molar-refractivity contribution is -0.139. The highest BCUT2D eigenvalue weighted by Crippen LogP contribution is 2.00. The summed E-state index contributed by atoms with van der Waals surface area (Å²) in [5.41, 5.74) is 2.53. The molecule has 0 saturated carbocycles. The average molecular weight is 271 g/mol. The van der Waals surface area contributed by atoms with Gasteiger partial charge in [0, 0.05) is 18.6 Å². The van der Waals surface area contributed by atoms with E-state index in [-0.39, 0.29) is 10.8 Å². The van der Waals surface area contributed by atoms with E-state index in [1.807, 2.05) is 6.92 Å². The number of alkyl halides is 1. The second kappa shape index (κ2) is 7.35. The minimum atomic E-state index is -0.305. The summed E-state index contributed by atoms with van der Waals surface area (Å²) in [4.78, 5) is 10.6. The number of methoxy groups -OCH3 is 1. The molecule has 0 aromatic carbocycles. The van der Waals surface area contributed by atoms with E-state index < -0.39 is 0 Å². The largest absolute Gasteiger partial charge is 0.468 e. The third kappa shape index (κ3) is 6.07. The van der Waals surface area contributed by atoms with Crippen LogP contribution in [0.25, 0.3) is 0 Å². The molecule has 0 aliphatic carbocycles. The molecule has 0 bridgehead atoms. The van der Waals surface area contributed by atoms with Crippen LogP contribution in [0.5, 0.6) is 0 Å². The van der Waals surface area contributed by atoms with Crippen LogP contribution in [-0.2, 0) is 9.53 Å². The fraction of sp³-hybridized carbons (Fsp3) is 0.625. The molecule has 3 nitrogen and oxygen atoms in total. The van der Waals surface area contributed by atoms with Crippen molar-refractivity contribution < 1.29 is 9.53 Å². The van der Waals surface area contributed by atoms with Gasteiger partial charge in [-0.25, -0.2) is 0 Å². The molecule has 0 radical (unpaired) electrons. The number of nitrogens with one attached hydrogen (secondary N) is 1. The lowest BCUT2D eigenvalue weighted by Crippen LogP contribution is -2.30. The quantitative estimate of drug-likeness (QED) is 0.610. The Morgan fingerprint density at radius 3 is 2.85 bits per heavy atom. The molecular formula is C8H13BrClNO2. The molecule has 0 aromatic rings. The minimum Gasteiger partial charge on any atom is -0.468 e. The van der Waals surface area contributed by atoms with Gasteiger partial charge >= 0.3 is 5.97 Å². The molecular weight excluding hydrogens is 257 g/mol. The smallest absolute Gasteiger partial charge is 0.320 e. The topological polar surface area (TPSA) is 38.3 Å². The van der Waals surface area contributed by atoms with Crippen molar-refractivity contribution in [1.29, 1.82) is 0 Å². The van der Waals surface area contributed by atoms with Gasteiger partial charge in [0.05, 0.1) is 7.11 Å². The second-order valence-electron chi connectivity index (χ2n) is 2.58. The van der Waals surface area contributed by atoms with Crippen LogP contribution >= 0.6 is 27.5 Å². The second-order valence-corrected chi connectivity index (χ2v) is 3.90. The Bertz CT molecular complexity index is 197. The number of rotatable bonds is 5. The van der Waals surface area contributed by atoms with Crippen molar-refractivity contribution >= 4 is 33.5 Å². The molecule has 0 aliphatic heterocycles. The number of halogens is 2. The summed E-state index contributed by atoms with van der Waals surface area (Å²) in [5.74, 6) is -0.278. The molecule has 1 unspecified atom stereocenters. The lowest BCUT2D eigenvalue weighted by Gasteiger charge is -2.08. The third-order valence-electron chi connectivity index (χ3n) is 1.37. The first-order chi connectivity index (χ1) is 6.11. The highest BCUT2D eigenvalue weighted by Gasteiger charge is 2.13. The van der Waals surface area contributed by atoms with Crippen LogP contribution in [0.4, 0.5) is 0 Å². The number of esters is 1. The zero-order valence-corrected chi connectivity index (χ0v) is 9.98. The molecule has 0 aliphatic rings. The number of ether oxygens (including phenoxy) is 1. The van der Waals surface area contributed by atoms with E-state index in [0.717, 1.165) is 5.57 Å². The van der Waals surface area contributed by atoms with Crippen molar-refractivity contribution in [2.24, 2.45) is 0 Å². The van der Waals surface area contributed by atoms with Gasteiger partial charge in [0.1, 0.15) is 4.83 Å². The standard InChI is InChI=1S/C8H13BrClNO2/c1-6(3-10)4-11-5-7(9)8(12)13-2/h3,7,11H,4-5H2,1-2H3. The van der Waals surface area contributed by atoms with Crippen LogP contribution in [0.2, 0.25) is 0 Å². The molecule has 0 aromatic heterocycles. The number of carbonyl (C=O) groups excluding carboxylic acids is 1. The van der Waals surface area contributed by atoms with Gasteiger partial charge in [-0.3, -0.25) is 4.79 Å². The minimum absolute atomic E-state index is 0.278. The first-order valence-electron chi connectivity index (χ1n) is 3.80. The zero-order valence-electron chi connectivity index (χ0n) is 7.64. The van der Waals surface area contributed by atoms with E-state index in [1.54, 1.807) is 0 Å². The van der Waals surface area contributed by atoms with Gasteiger partial charge in [0.2, 0.25) is 0 Å². The Balaban J connectivity index is 3.59. The van der Waals surface area contributed by atoms with Crippen molar-refractivity contribution in [1.82, 2.24) is 5.32 Å². The van der Waals surface area contributed by atoms with E-state index in [2.05, 4.69) is 26.0 Å². The Morgan fingerprint density at radius 2 is 2.38 bits per heavy atom. The molecule has 1 N–H and O–H groups in total. The summed E-state index contributed by atoms with van der Waals surface area (Å²) in [6, 6.07) is 0. The van der Waals surface area contributed by atoms with E-state index in [1.165, 1.54) is 12.6 Å². The first kappa shape index (κ1) is 12.9. The normalized spacial score (nSPS) is 14.0. The predicted octanol–water partition coefficient (Wildman–Crippen LogP) is 1.66. The summed E-state index contributed by atoms with van der Waals surface area (Å²) in [6.45, 7) is 3.10. The number of hydrogen-bond donors (Lipinski definition) is 1. The summed E-state index contributed by atoms with van der Waals surface area (Å²) >= 11 is 8.64. The van der Waals surface area contributed by atoms with Gasteiger partial charge < -0.3 is 10.1 Å². The molecule has 0 saturated heterocycles. The van der Waals surface area contributed by atoms with E-state index in [9.17, 15) is 4.79 Å². The predicted molar refractivity (Wildman–Crippen MR) is 57.2 cm³/mol.